The SMILES string of the molecule is O=C(O)N(CCOc1ccccc1)Cc1cccc([N+](=O)[O-])c1. The van der Waals surface area contributed by atoms with Gasteiger partial charge in [-0.15, -0.1) is 0 Å². The fourth-order valence-corrected chi connectivity index (χ4v) is 2.02. The van der Waals surface area contributed by atoms with Crippen LogP contribution < -0.4 is 4.74 Å². The van der Waals surface area contributed by atoms with Crippen molar-refractivity contribution in [3.63, 3.8) is 0 Å². The first kappa shape index (κ1) is 16.3. The van der Waals surface area contributed by atoms with E-state index in [-0.39, 0.29) is 25.4 Å². The minimum atomic E-state index is -1.10. The third-order valence-corrected chi connectivity index (χ3v) is 3.14. The number of ether oxygens (including phenoxy) is 1. The molecule has 7 heteroatoms. The summed E-state index contributed by atoms with van der Waals surface area (Å²) in [5.41, 5.74) is 0.495. The van der Waals surface area contributed by atoms with Crippen LogP contribution in [0.1, 0.15) is 5.56 Å². The van der Waals surface area contributed by atoms with E-state index in [9.17, 15) is 20.0 Å². The molecule has 0 fully saturated rings. The summed E-state index contributed by atoms with van der Waals surface area (Å²) in [5, 5.41) is 20.0. The van der Waals surface area contributed by atoms with Crippen LogP contribution in [-0.2, 0) is 6.54 Å². The van der Waals surface area contributed by atoms with E-state index >= 15 is 0 Å². The second kappa shape index (κ2) is 7.79. The van der Waals surface area contributed by atoms with Crippen LogP contribution in [-0.4, -0.2) is 34.2 Å². The van der Waals surface area contributed by atoms with Crippen LogP contribution in [0.5, 0.6) is 5.75 Å². The maximum Gasteiger partial charge on any atom is 0.407 e. The highest BCUT2D eigenvalue weighted by molar-refractivity contribution is 5.65. The molecule has 0 aliphatic carbocycles. The Kier molecular flexibility index (Phi) is 5.51. The van der Waals surface area contributed by atoms with Gasteiger partial charge in [0.1, 0.15) is 12.4 Å². The van der Waals surface area contributed by atoms with E-state index in [0.717, 1.165) is 4.90 Å². The lowest BCUT2D eigenvalue weighted by Crippen LogP contribution is -2.32. The number of rotatable bonds is 7. The van der Waals surface area contributed by atoms with Crippen molar-refractivity contribution in [1.82, 2.24) is 4.90 Å². The van der Waals surface area contributed by atoms with Gasteiger partial charge < -0.3 is 14.7 Å². The number of non-ortho nitro benzene ring substituents is 1. The number of carboxylic acid groups (broad SMARTS) is 1. The molecule has 1 N–H and O–H groups in total. The zero-order valence-electron chi connectivity index (χ0n) is 12.3. The van der Waals surface area contributed by atoms with Gasteiger partial charge in [0, 0.05) is 18.7 Å². The van der Waals surface area contributed by atoms with Crippen LogP contribution in [0.4, 0.5) is 10.5 Å². The first-order chi connectivity index (χ1) is 11.1. The second-order valence-corrected chi connectivity index (χ2v) is 4.79. The lowest BCUT2D eigenvalue weighted by molar-refractivity contribution is -0.384. The molecule has 0 saturated carbocycles. The third kappa shape index (κ3) is 4.99. The number of nitro groups is 1. The van der Waals surface area contributed by atoms with E-state index < -0.39 is 11.0 Å². The smallest absolute Gasteiger partial charge is 0.407 e. The van der Waals surface area contributed by atoms with E-state index in [4.69, 9.17) is 4.74 Å². The molecule has 0 atom stereocenters. The fraction of sp³-hybridized carbons (Fsp3) is 0.188. The standard InChI is InChI=1S/C16H16N2O5/c19-16(20)17(9-10-23-15-7-2-1-3-8-15)12-13-5-4-6-14(11-13)18(21)22/h1-8,11H,9-10,12H2,(H,19,20). The minimum Gasteiger partial charge on any atom is -0.492 e. The van der Waals surface area contributed by atoms with Gasteiger partial charge in [-0.1, -0.05) is 30.3 Å². The van der Waals surface area contributed by atoms with Crippen molar-refractivity contribution >= 4 is 11.8 Å². The van der Waals surface area contributed by atoms with Crippen LogP contribution in [0.3, 0.4) is 0 Å². The van der Waals surface area contributed by atoms with Gasteiger partial charge in [-0.25, -0.2) is 4.79 Å². The molecule has 0 radical (unpaired) electrons. The van der Waals surface area contributed by atoms with E-state index in [1.165, 1.54) is 18.2 Å². The summed E-state index contributed by atoms with van der Waals surface area (Å²) in [7, 11) is 0. The van der Waals surface area contributed by atoms with E-state index in [0.29, 0.717) is 11.3 Å². The lowest BCUT2D eigenvalue weighted by Gasteiger charge is -2.19. The number of amides is 1. The summed E-state index contributed by atoms with van der Waals surface area (Å²) in [5.74, 6) is 0.660. The normalized spacial score (nSPS) is 10.1. The van der Waals surface area contributed by atoms with Crippen LogP contribution in [0.25, 0.3) is 0 Å². The number of hydrogen-bond acceptors (Lipinski definition) is 4. The van der Waals surface area contributed by atoms with E-state index in [1.54, 1.807) is 18.2 Å². The van der Waals surface area contributed by atoms with Gasteiger partial charge in [-0.2, -0.15) is 0 Å². The summed E-state index contributed by atoms with van der Waals surface area (Å²) >= 11 is 0. The lowest BCUT2D eigenvalue weighted by atomic mass is 10.2. The zero-order valence-corrected chi connectivity index (χ0v) is 12.3. The molecule has 0 aliphatic rings. The average molecular weight is 316 g/mol. The molecular formula is C16H16N2O5. The van der Waals surface area contributed by atoms with Crippen LogP contribution in [0.15, 0.2) is 54.6 Å². The molecule has 0 saturated heterocycles. The molecule has 0 unspecified atom stereocenters. The van der Waals surface area contributed by atoms with Crippen LogP contribution in [0, 0.1) is 10.1 Å². The number of hydrogen-bond donors (Lipinski definition) is 1. The first-order valence-electron chi connectivity index (χ1n) is 6.95. The van der Waals surface area contributed by atoms with Crippen molar-refractivity contribution in [3.05, 3.63) is 70.3 Å². The maximum atomic E-state index is 11.3. The van der Waals surface area contributed by atoms with E-state index in [2.05, 4.69) is 0 Å². The quantitative estimate of drug-likeness (QED) is 0.625. The monoisotopic (exact) mass is 316 g/mol. The van der Waals surface area contributed by atoms with Crippen LogP contribution >= 0.6 is 0 Å². The molecule has 2 rings (SSSR count). The Morgan fingerprint density at radius 3 is 2.57 bits per heavy atom. The molecule has 2 aromatic carbocycles. The summed E-state index contributed by atoms with van der Waals surface area (Å²) in [6.07, 6.45) is -1.10. The van der Waals surface area contributed by atoms with Gasteiger partial charge in [0.15, 0.2) is 0 Å². The molecule has 0 heterocycles. The van der Waals surface area contributed by atoms with Crippen molar-refractivity contribution in [2.24, 2.45) is 0 Å². The highest BCUT2D eigenvalue weighted by atomic mass is 16.6. The molecule has 0 aromatic heterocycles. The number of nitro benzene ring substituents is 1. The zero-order chi connectivity index (χ0) is 16.7. The molecule has 2 aromatic rings. The van der Waals surface area contributed by atoms with Crippen LogP contribution in [0.2, 0.25) is 0 Å². The Bertz CT molecular complexity index is 675. The molecule has 120 valence electrons. The Labute approximate surface area is 132 Å². The number of benzene rings is 2. The summed E-state index contributed by atoms with van der Waals surface area (Å²) in [6, 6.07) is 15.0. The summed E-state index contributed by atoms with van der Waals surface area (Å²) < 4.78 is 5.47. The predicted octanol–water partition coefficient (Wildman–Crippen LogP) is 3.15. The fourth-order valence-electron chi connectivity index (χ4n) is 2.02. The van der Waals surface area contributed by atoms with E-state index in [1.807, 2.05) is 18.2 Å². The number of carbonyl (C=O) groups is 1. The highest BCUT2D eigenvalue weighted by Gasteiger charge is 2.14. The molecular weight excluding hydrogens is 300 g/mol. The van der Waals surface area contributed by atoms with Gasteiger partial charge in [0.2, 0.25) is 0 Å². The molecule has 23 heavy (non-hydrogen) atoms. The second-order valence-electron chi connectivity index (χ2n) is 4.79. The minimum absolute atomic E-state index is 0.0617. The highest BCUT2D eigenvalue weighted by Crippen LogP contribution is 2.15. The Morgan fingerprint density at radius 2 is 1.91 bits per heavy atom. The molecule has 0 aliphatic heterocycles. The largest absolute Gasteiger partial charge is 0.492 e. The van der Waals surface area contributed by atoms with Crippen molar-refractivity contribution in [3.8, 4) is 5.75 Å². The van der Waals surface area contributed by atoms with Crippen molar-refractivity contribution in [1.29, 1.82) is 0 Å². The molecule has 7 nitrogen and oxygen atoms in total. The number of nitrogens with zero attached hydrogens (tertiary/aromatic N) is 2. The topological polar surface area (TPSA) is 92.9 Å². The van der Waals surface area contributed by atoms with Crippen molar-refractivity contribution in [2.45, 2.75) is 6.54 Å². The van der Waals surface area contributed by atoms with Gasteiger partial charge in [0.25, 0.3) is 5.69 Å². The average Bonchev–Trinajstić information content (AvgIpc) is 2.55. The third-order valence-electron chi connectivity index (χ3n) is 3.14. The van der Waals surface area contributed by atoms with Gasteiger partial charge in [0.05, 0.1) is 11.5 Å². The Morgan fingerprint density at radius 1 is 1.17 bits per heavy atom. The summed E-state index contributed by atoms with van der Waals surface area (Å²) in [4.78, 5) is 22.7. The maximum absolute atomic E-state index is 11.3. The summed E-state index contributed by atoms with van der Waals surface area (Å²) in [6.45, 7) is 0.424. The Balaban J connectivity index is 1.95. The van der Waals surface area contributed by atoms with Gasteiger partial charge in [-0.05, 0) is 17.7 Å². The molecule has 0 spiro atoms. The van der Waals surface area contributed by atoms with Crippen molar-refractivity contribution in [2.75, 3.05) is 13.2 Å². The Hall–Kier alpha value is -3.09. The van der Waals surface area contributed by atoms with Gasteiger partial charge in [-0.3, -0.25) is 10.1 Å². The predicted molar refractivity (Wildman–Crippen MR) is 83.5 cm³/mol. The first-order valence-corrected chi connectivity index (χ1v) is 6.95. The number of para-hydroxylation sites is 1. The molecule has 0 bridgehead atoms. The van der Waals surface area contributed by atoms with Gasteiger partial charge >= 0.3 is 6.09 Å². The molecule has 1 amide bonds. The van der Waals surface area contributed by atoms with Crippen molar-refractivity contribution < 1.29 is 19.6 Å².